The number of rotatable bonds is 3. The van der Waals surface area contributed by atoms with Gasteiger partial charge >= 0.3 is 0 Å². The molecule has 5 heteroatoms. The third-order valence-electron chi connectivity index (χ3n) is 4.16. The molecule has 3 N–H and O–H groups in total. The van der Waals surface area contributed by atoms with Gasteiger partial charge in [0.15, 0.2) is 0 Å². The Hall–Kier alpha value is -2.04. The number of hydrogen-bond acceptors (Lipinski definition) is 3. The van der Waals surface area contributed by atoms with Crippen molar-refractivity contribution in [2.45, 2.75) is 38.6 Å². The standard InChI is InChI=1S/C16H22N2O3/c1-10-4-3-5-13(14(10)19)16(21)18-12-8-6-11(7-9-12)15(20)17-2/h3-5,11-12,19H,6-9H2,1-2H3,(H,17,20)(H,18,21). The minimum absolute atomic E-state index is 0.0362. The van der Waals surface area contributed by atoms with Crippen molar-refractivity contribution < 1.29 is 14.7 Å². The number of carbonyl (C=O) groups is 2. The predicted octanol–water partition coefficient (Wildman–Crippen LogP) is 1.74. The maximum atomic E-state index is 12.2. The fourth-order valence-corrected chi connectivity index (χ4v) is 2.81. The van der Waals surface area contributed by atoms with Crippen LogP contribution in [0.15, 0.2) is 18.2 Å². The molecule has 2 amide bonds. The van der Waals surface area contributed by atoms with Crippen LogP contribution in [0.25, 0.3) is 0 Å². The zero-order valence-corrected chi connectivity index (χ0v) is 12.5. The van der Waals surface area contributed by atoms with Gasteiger partial charge in [0.1, 0.15) is 5.75 Å². The lowest BCUT2D eigenvalue weighted by Gasteiger charge is -2.28. The van der Waals surface area contributed by atoms with Crippen molar-refractivity contribution in [1.82, 2.24) is 10.6 Å². The summed E-state index contributed by atoms with van der Waals surface area (Å²) >= 11 is 0. The van der Waals surface area contributed by atoms with Crippen molar-refractivity contribution in [3.8, 4) is 5.75 Å². The molecule has 1 saturated carbocycles. The van der Waals surface area contributed by atoms with Gasteiger partial charge < -0.3 is 15.7 Å². The van der Waals surface area contributed by atoms with Crippen LogP contribution >= 0.6 is 0 Å². The second-order valence-electron chi connectivity index (χ2n) is 5.61. The molecule has 1 fully saturated rings. The molecule has 0 spiro atoms. The number of hydrogen-bond donors (Lipinski definition) is 3. The summed E-state index contributed by atoms with van der Waals surface area (Å²) in [6.45, 7) is 1.76. The Kier molecular flexibility index (Phi) is 4.83. The highest BCUT2D eigenvalue weighted by Gasteiger charge is 2.27. The summed E-state index contributed by atoms with van der Waals surface area (Å²) in [6, 6.07) is 5.21. The topological polar surface area (TPSA) is 78.4 Å². The Morgan fingerprint density at radius 1 is 1.19 bits per heavy atom. The van der Waals surface area contributed by atoms with Crippen LogP contribution in [0.5, 0.6) is 5.75 Å². The van der Waals surface area contributed by atoms with Gasteiger partial charge in [-0.25, -0.2) is 0 Å². The Bertz CT molecular complexity index is 534. The van der Waals surface area contributed by atoms with E-state index in [9.17, 15) is 14.7 Å². The molecule has 1 aliphatic rings. The molecule has 0 unspecified atom stereocenters. The number of nitrogens with one attached hydrogen (secondary N) is 2. The molecule has 0 aliphatic heterocycles. The number of aromatic hydroxyl groups is 1. The van der Waals surface area contributed by atoms with Crippen molar-refractivity contribution in [3.05, 3.63) is 29.3 Å². The minimum atomic E-state index is -0.250. The Morgan fingerprint density at radius 3 is 2.48 bits per heavy atom. The minimum Gasteiger partial charge on any atom is -0.507 e. The molecule has 0 heterocycles. The molecule has 5 nitrogen and oxygen atoms in total. The monoisotopic (exact) mass is 290 g/mol. The molecule has 1 aromatic carbocycles. The molecule has 2 rings (SSSR count). The molecule has 114 valence electrons. The van der Waals surface area contributed by atoms with Gasteiger partial charge in [0, 0.05) is 19.0 Å². The van der Waals surface area contributed by atoms with Crippen molar-refractivity contribution >= 4 is 11.8 Å². The van der Waals surface area contributed by atoms with E-state index in [1.807, 2.05) is 0 Å². The van der Waals surface area contributed by atoms with Gasteiger partial charge in [0.25, 0.3) is 5.91 Å². The molecular formula is C16H22N2O3. The van der Waals surface area contributed by atoms with Gasteiger partial charge in [-0.15, -0.1) is 0 Å². The van der Waals surface area contributed by atoms with Gasteiger partial charge in [-0.1, -0.05) is 12.1 Å². The molecule has 1 aliphatic carbocycles. The highest BCUT2D eigenvalue weighted by atomic mass is 16.3. The second kappa shape index (κ2) is 6.61. The van der Waals surface area contributed by atoms with Gasteiger partial charge in [-0.05, 0) is 44.2 Å². The number of para-hydroxylation sites is 1. The highest BCUT2D eigenvalue weighted by molar-refractivity contribution is 5.97. The number of benzene rings is 1. The van der Waals surface area contributed by atoms with Crippen LogP contribution < -0.4 is 10.6 Å². The molecule has 0 radical (unpaired) electrons. The van der Waals surface area contributed by atoms with E-state index in [0.717, 1.165) is 25.7 Å². The second-order valence-corrected chi connectivity index (χ2v) is 5.61. The van der Waals surface area contributed by atoms with Gasteiger partial charge in [0.2, 0.25) is 5.91 Å². The van der Waals surface area contributed by atoms with Crippen LogP contribution in [0.3, 0.4) is 0 Å². The summed E-state index contributed by atoms with van der Waals surface area (Å²) in [7, 11) is 1.65. The first-order chi connectivity index (χ1) is 10.0. The first-order valence-electron chi connectivity index (χ1n) is 7.34. The molecule has 0 atom stereocenters. The van der Waals surface area contributed by atoms with Gasteiger partial charge in [0.05, 0.1) is 5.56 Å². The molecular weight excluding hydrogens is 268 g/mol. The van der Waals surface area contributed by atoms with Crippen LogP contribution in [0, 0.1) is 12.8 Å². The SMILES string of the molecule is CNC(=O)C1CCC(NC(=O)c2cccc(C)c2O)CC1. The number of phenols is 1. The van der Waals surface area contributed by atoms with E-state index in [4.69, 9.17) is 0 Å². The third kappa shape index (κ3) is 3.54. The zero-order valence-electron chi connectivity index (χ0n) is 12.5. The summed E-state index contributed by atoms with van der Waals surface area (Å²) in [5.74, 6) is -0.0831. The lowest BCUT2D eigenvalue weighted by atomic mass is 9.85. The van der Waals surface area contributed by atoms with E-state index < -0.39 is 0 Å². The summed E-state index contributed by atoms with van der Waals surface area (Å²) < 4.78 is 0. The Morgan fingerprint density at radius 2 is 1.86 bits per heavy atom. The maximum absolute atomic E-state index is 12.2. The predicted molar refractivity (Wildman–Crippen MR) is 80.1 cm³/mol. The quantitative estimate of drug-likeness (QED) is 0.793. The molecule has 0 bridgehead atoms. The van der Waals surface area contributed by atoms with E-state index in [-0.39, 0.29) is 29.5 Å². The average Bonchev–Trinajstić information content (AvgIpc) is 2.50. The average molecular weight is 290 g/mol. The largest absolute Gasteiger partial charge is 0.507 e. The lowest BCUT2D eigenvalue weighted by molar-refractivity contribution is -0.125. The number of carbonyl (C=O) groups excluding carboxylic acids is 2. The van der Waals surface area contributed by atoms with E-state index in [0.29, 0.717) is 11.1 Å². The zero-order chi connectivity index (χ0) is 15.4. The van der Waals surface area contributed by atoms with E-state index in [1.165, 1.54) is 0 Å². The van der Waals surface area contributed by atoms with Crippen molar-refractivity contribution in [2.75, 3.05) is 7.05 Å². The molecule has 1 aromatic rings. The number of amides is 2. The highest BCUT2D eigenvalue weighted by Crippen LogP contribution is 2.26. The van der Waals surface area contributed by atoms with Crippen molar-refractivity contribution in [1.29, 1.82) is 0 Å². The van der Waals surface area contributed by atoms with Gasteiger partial charge in [-0.2, -0.15) is 0 Å². The summed E-state index contributed by atoms with van der Waals surface area (Å²) in [5, 5.41) is 15.6. The third-order valence-corrected chi connectivity index (χ3v) is 4.16. The summed E-state index contributed by atoms with van der Waals surface area (Å²) in [6.07, 6.45) is 3.14. The van der Waals surface area contributed by atoms with Crippen LogP contribution in [0.4, 0.5) is 0 Å². The molecule has 21 heavy (non-hydrogen) atoms. The van der Waals surface area contributed by atoms with E-state index in [1.54, 1.807) is 32.2 Å². The van der Waals surface area contributed by atoms with Crippen LogP contribution in [-0.4, -0.2) is 30.0 Å². The van der Waals surface area contributed by atoms with Crippen molar-refractivity contribution in [3.63, 3.8) is 0 Å². The van der Waals surface area contributed by atoms with Crippen LogP contribution in [-0.2, 0) is 4.79 Å². The fourth-order valence-electron chi connectivity index (χ4n) is 2.81. The first-order valence-corrected chi connectivity index (χ1v) is 7.34. The Labute approximate surface area is 124 Å². The van der Waals surface area contributed by atoms with Crippen LogP contribution in [0.1, 0.15) is 41.6 Å². The first kappa shape index (κ1) is 15.4. The maximum Gasteiger partial charge on any atom is 0.255 e. The van der Waals surface area contributed by atoms with Crippen molar-refractivity contribution in [2.24, 2.45) is 5.92 Å². The Balaban J connectivity index is 1.93. The normalized spacial score (nSPS) is 21.6. The smallest absolute Gasteiger partial charge is 0.255 e. The lowest BCUT2D eigenvalue weighted by Crippen LogP contribution is -2.40. The summed E-state index contributed by atoms with van der Waals surface area (Å²) in [5.41, 5.74) is 0.995. The molecule has 0 aromatic heterocycles. The number of aryl methyl sites for hydroxylation is 1. The van der Waals surface area contributed by atoms with Gasteiger partial charge in [-0.3, -0.25) is 9.59 Å². The van der Waals surface area contributed by atoms with Crippen LogP contribution in [0.2, 0.25) is 0 Å². The fraction of sp³-hybridized carbons (Fsp3) is 0.500. The summed E-state index contributed by atoms with van der Waals surface area (Å²) in [4.78, 5) is 23.8. The van der Waals surface area contributed by atoms with E-state index >= 15 is 0 Å². The molecule has 0 saturated heterocycles. The number of phenolic OH excluding ortho intramolecular Hbond substituents is 1. The van der Waals surface area contributed by atoms with E-state index in [2.05, 4.69) is 10.6 Å².